The molecular weight excluding hydrogens is 248 g/mol. The first-order valence-corrected chi connectivity index (χ1v) is 6.67. The molecule has 0 atom stereocenters. The minimum absolute atomic E-state index is 0.283. The second-order valence-electron chi connectivity index (χ2n) is 4.40. The van der Waals surface area contributed by atoms with Crippen LogP contribution in [0.4, 0.5) is 0 Å². The summed E-state index contributed by atoms with van der Waals surface area (Å²) in [6, 6.07) is 15.9. The molecule has 0 fully saturated rings. The first-order valence-electron chi connectivity index (χ1n) is 6.67. The Hall–Kier alpha value is -2.24. The average molecular weight is 266 g/mol. The lowest BCUT2D eigenvalue weighted by atomic mass is 10.1. The van der Waals surface area contributed by atoms with Gasteiger partial charge in [-0.15, -0.1) is 0 Å². The summed E-state index contributed by atoms with van der Waals surface area (Å²) in [5.74, 6) is 7.07. The molecule has 0 spiro atoms. The standard InChI is InChI=1S/C18H18O2/c1-3-19-14-20-18-12-10-17(11-13-18)9-8-16-6-4-15(2)5-7-16/h4-7,10-13H,3,14H2,1-2H3. The normalized spacial score (nSPS) is 9.70. The summed E-state index contributed by atoms with van der Waals surface area (Å²) in [6.45, 7) is 4.94. The quantitative estimate of drug-likeness (QED) is 0.476. The number of ether oxygens (including phenoxy) is 2. The van der Waals surface area contributed by atoms with E-state index in [4.69, 9.17) is 9.47 Å². The summed E-state index contributed by atoms with van der Waals surface area (Å²) in [4.78, 5) is 0. The van der Waals surface area contributed by atoms with Gasteiger partial charge in [0.25, 0.3) is 0 Å². The molecular formula is C18H18O2. The number of hydrogen-bond acceptors (Lipinski definition) is 2. The van der Waals surface area contributed by atoms with Crippen molar-refractivity contribution in [2.45, 2.75) is 13.8 Å². The molecule has 0 aromatic heterocycles. The number of aryl methyl sites for hydroxylation is 1. The molecule has 2 rings (SSSR count). The van der Waals surface area contributed by atoms with Crippen molar-refractivity contribution >= 4 is 0 Å². The van der Waals surface area contributed by atoms with E-state index in [0.29, 0.717) is 6.61 Å². The molecule has 102 valence electrons. The van der Waals surface area contributed by atoms with Gasteiger partial charge in [-0.05, 0) is 50.2 Å². The molecule has 0 saturated heterocycles. The lowest BCUT2D eigenvalue weighted by molar-refractivity contribution is 0.0224. The summed E-state index contributed by atoms with van der Waals surface area (Å²) >= 11 is 0. The van der Waals surface area contributed by atoms with E-state index < -0.39 is 0 Å². The van der Waals surface area contributed by atoms with E-state index in [9.17, 15) is 0 Å². The molecule has 2 nitrogen and oxygen atoms in total. The molecule has 2 aromatic carbocycles. The molecule has 0 unspecified atom stereocenters. The molecule has 2 heteroatoms. The number of hydrogen-bond donors (Lipinski definition) is 0. The van der Waals surface area contributed by atoms with Crippen LogP contribution in [-0.2, 0) is 4.74 Å². The van der Waals surface area contributed by atoms with Gasteiger partial charge in [-0.3, -0.25) is 0 Å². The second-order valence-corrected chi connectivity index (χ2v) is 4.40. The molecule has 0 aliphatic heterocycles. The van der Waals surface area contributed by atoms with Gasteiger partial charge in [0.2, 0.25) is 0 Å². The van der Waals surface area contributed by atoms with E-state index in [2.05, 4.69) is 30.9 Å². The van der Waals surface area contributed by atoms with Crippen LogP contribution in [0, 0.1) is 18.8 Å². The first kappa shape index (κ1) is 14.2. The Bertz CT molecular complexity index is 586. The Kier molecular flexibility index (Phi) is 5.23. The third-order valence-electron chi connectivity index (χ3n) is 2.77. The van der Waals surface area contributed by atoms with Crippen molar-refractivity contribution in [3.8, 4) is 17.6 Å². The SMILES string of the molecule is CCOCOc1ccc(C#Cc2ccc(C)cc2)cc1. The maximum atomic E-state index is 5.41. The predicted molar refractivity (Wildman–Crippen MR) is 80.7 cm³/mol. The number of rotatable bonds is 4. The van der Waals surface area contributed by atoms with E-state index in [1.165, 1.54) is 5.56 Å². The monoisotopic (exact) mass is 266 g/mol. The summed E-state index contributed by atoms with van der Waals surface area (Å²) in [5.41, 5.74) is 3.23. The van der Waals surface area contributed by atoms with Crippen LogP contribution in [0.15, 0.2) is 48.5 Å². The Morgan fingerprint density at radius 1 is 0.850 bits per heavy atom. The van der Waals surface area contributed by atoms with Gasteiger partial charge in [0.1, 0.15) is 5.75 Å². The molecule has 0 amide bonds. The fourth-order valence-electron chi connectivity index (χ4n) is 1.61. The van der Waals surface area contributed by atoms with Gasteiger partial charge < -0.3 is 9.47 Å². The predicted octanol–water partition coefficient (Wildman–Crippen LogP) is 3.77. The highest BCUT2D eigenvalue weighted by molar-refractivity contribution is 5.44. The van der Waals surface area contributed by atoms with Crippen molar-refractivity contribution < 1.29 is 9.47 Å². The van der Waals surface area contributed by atoms with Crippen LogP contribution < -0.4 is 4.74 Å². The third kappa shape index (κ3) is 4.46. The molecule has 0 saturated carbocycles. The van der Waals surface area contributed by atoms with Gasteiger partial charge in [-0.2, -0.15) is 0 Å². The molecule has 0 aliphatic rings. The van der Waals surface area contributed by atoms with Crippen LogP contribution in [0.3, 0.4) is 0 Å². The van der Waals surface area contributed by atoms with E-state index in [0.717, 1.165) is 16.9 Å². The molecule has 0 N–H and O–H groups in total. The van der Waals surface area contributed by atoms with Gasteiger partial charge in [0.15, 0.2) is 6.79 Å². The van der Waals surface area contributed by atoms with Crippen LogP contribution >= 0.6 is 0 Å². The Labute approximate surface area is 120 Å². The van der Waals surface area contributed by atoms with Gasteiger partial charge in [0, 0.05) is 17.7 Å². The Morgan fingerprint density at radius 3 is 1.95 bits per heavy atom. The fraction of sp³-hybridized carbons (Fsp3) is 0.222. The van der Waals surface area contributed by atoms with Crippen LogP contribution in [0.25, 0.3) is 0 Å². The van der Waals surface area contributed by atoms with Crippen LogP contribution in [0.1, 0.15) is 23.6 Å². The zero-order valence-corrected chi connectivity index (χ0v) is 11.8. The first-order chi connectivity index (χ1) is 9.78. The van der Waals surface area contributed by atoms with Gasteiger partial charge in [-0.1, -0.05) is 29.5 Å². The molecule has 0 radical (unpaired) electrons. The van der Waals surface area contributed by atoms with Gasteiger partial charge in [-0.25, -0.2) is 0 Å². The molecule has 0 bridgehead atoms. The summed E-state index contributed by atoms with van der Waals surface area (Å²) in [5, 5.41) is 0. The van der Waals surface area contributed by atoms with Crippen molar-refractivity contribution in [3.05, 3.63) is 65.2 Å². The average Bonchev–Trinajstić information content (AvgIpc) is 2.48. The maximum Gasteiger partial charge on any atom is 0.189 e. The van der Waals surface area contributed by atoms with Crippen molar-refractivity contribution in [1.29, 1.82) is 0 Å². The smallest absolute Gasteiger partial charge is 0.189 e. The third-order valence-corrected chi connectivity index (χ3v) is 2.77. The molecule has 0 aliphatic carbocycles. The van der Waals surface area contributed by atoms with Crippen molar-refractivity contribution in [2.24, 2.45) is 0 Å². The van der Waals surface area contributed by atoms with E-state index >= 15 is 0 Å². The van der Waals surface area contributed by atoms with Crippen LogP contribution in [-0.4, -0.2) is 13.4 Å². The summed E-state index contributed by atoms with van der Waals surface area (Å²) < 4.78 is 10.5. The number of benzene rings is 2. The van der Waals surface area contributed by atoms with E-state index in [-0.39, 0.29) is 6.79 Å². The topological polar surface area (TPSA) is 18.5 Å². The largest absolute Gasteiger partial charge is 0.468 e. The zero-order chi connectivity index (χ0) is 14.2. The van der Waals surface area contributed by atoms with Crippen molar-refractivity contribution in [3.63, 3.8) is 0 Å². The van der Waals surface area contributed by atoms with Gasteiger partial charge in [0.05, 0.1) is 0 Å². The lowest BCUT2D eigenvalue weighted by Crippen LogP contribution is -2.01. The fourth-order valence-corrected chi connectivity index (χ4v) is 1.61. The maximum absolute atomic E-state index is 5.41. The molecule has 0 heterocycles. The summed E-state index contributed by atoms with van der Waals surface area (Å²) in [7, 11) is 0. The van der Waals surface area contributed by atoms with Crippen LogP contribution in [0.5, 0.6) is 5.75 Å². The Balaban J connectivity index is 1.98. The second kappa shape index (κ2) is 7.37. The highest BCUT2D eigenvalue weighted by Crippen LogP contribution is 2.11. The zero-order valence-electron chi connectivity index (χ0n) is 11.8. The lowest BCUT2D eigenvalue weighted by Gasteiger charge is -2.05. The van der Waals surface area contributed by atoms with Crippen molar-refractivity contribution in [1.82, 2.24) is 0 Å². The van der Waals surface area contributed by atoms with Gasteiger partial charge >= 0.3 is 0 Å². The minimum atomic E-state index is 0.283. The minimum Gasteiger partial charge on any atom is -0.468 e. The molecule has 2 aromatic rings. The summed E-state index contributed by atoms with van der Waals surface area (Å²) in [6.07, 6.45) is 0. The van der Waals surface area contributed by atoms with Crippen molar-refractivity contribution in [2.75, 3.05) is 13.4 Å². The van der Waals surface area contributed by atoms with E-state index in [1.807, 2.05) is 43.3 Å². The van der Waals surface area contributed by atoms with Crippen LogP contribution in [0.2, 0.25) is 0 Å². The molecule has 20 heavy (non-hydrogen) atoms. The highest BCUT2D eigenvalue weighted by atomic mass is 16.7. The highest BCUT2D eigenvalue weighted by Gasteiger charge is 1.93. The van der Waals surface area contributed by atoms with E-state index in [1.54, 1.807) is 0 Å². The Morgan fingerprint density at radius 2 is 1.40 bits per heavy atom.